The van der Waals surface area contributed by atoms with Crippen molar-refractivity contribution in [3.05, 3.63) is 47.7 Å². The highest BCUT2D eigenvalue weighted by molar-refractivity contribution is 5.85. The molecular weight excluding hydrogens is 484 g/mol. The highest BCUT2D eigenvalue weighted by Crippen LogP contribution is 2.42. The fourth-order valence-electron chi connectivity index (χ4n) is 5.48. The molecular formula is C25H35ClN6O4. The summed E-state index contributed by atoms with van der Waals surface area (Å²) < 4.78 is 24.3. The van der Waals surface area contributed by atoms with E-state index in [1.807, 2.05) is 28.9 Å². The van der Waals surface area contributed by atoms with Gasteiger partial charge in [0.2, 0.25) is 5.75 Å². The van der Waals surface area contributed by atoms with E-state index in [2.05, 4.69) is 25.3 Å². The van der Waals surface area contributed by atoms with E-state index in [1.54, 1.807) is 27.6 Å². The summed E-state index contributed by atoms with van der Waals surface area (Å²) in [5.74, 6) is 3.35. The largest absolute Gasteiger partial charge is 0.493 e. The summed E-state index contributed by atoms with van der Waals surface area (Å²) in [6, 6.07) is 8.35. The molecule has 3 aromatic rings. The van der Waals surface area contributed by atoms with Gasteiger partial charge in [-0.25, -0.2) is 4.68 Å². The summed E-state index contributed by atoms with van der Waals surface area (Å²) >= 11 is 0. The molecule has 2 aliphatic rings. The quantitative estimate of drug-likeness (QED) is 0.422. The summed E-state index contributed by atoms with van der Waals surface area (Å²) in [5, 5.41) is 12.8. The number of aromatic nitrogens is 4. The zero-order valence-corrected chi connectivity index (χ0v) is 21.9. The van der Waals surface area contributed by atoms with Crippen LogP contribution in [-0.4, -0.2) is 83.6 Å². The molecule has 1 aromatic carbocycles. The molecule has 0 radical (unpaired) electrons. The Hall–Kier alpha value is -2.82. The van der Waals surface area contributed by atoms with Crippen molar-refractivity contribution in [1.82, 2.24) is 30.0 Å². The van der Waals surface area contributed by atoms with Gasteiger partial charge in [0.15, 0.2) is 17.3 Å². The molecule has 11 heteroatoms. The Kier molecular flexibility index (Phi) is 8.71. The predicted molar refractivity (Wildman–Crippen MR) is 136 cm³/mol. The van der Waals surface area contributed by atoms with Gasteiger partial charge in [-0.05, 0) is 53.1 Å². The fraction of sp³-hybridized carbons (Fsp3) is 0.560. The van der Waals surface area contributed by atoms with E-state index < -0.39 is 0 Å². The second-order valence-corrected chi connectivity index (χ2v) is 9.15. The lowest BCUT2D eigenvalue weighted by Crippen LogP contribution is -2.51. The van der Waals surface area contributed by atoms with E-state index in [4.69, 9.17) is 18.6 Å². The van der Waals surface area contributed by atoms with Crippen LogP contribution in [0.15, 0.2) is 34.9 Å². The molecule has 10 nitrogen and oxygen atoms in total. The van der Waals surface area contributed by atoms with Crippen molar-refractivity contribution in [2.75, 3.05) is 47.5 Å². The van der Waals surface area contributed by atoms with Crippen molar-refractivity contribution in [2.24, 2.45) is 0 Å². The number of tetrazole rings is 1. The molecule has 3 heterocycles. The molecule has 0 spiro atoms. The number of nitrogens with zero attached hydrogens (tertiary/aromatic N) is 6. The smallest absolute Gasteiger partial charge is 0.203 e. The first-order valence-electron chi connectivity index (χ1n) is 12.3. The first kappa shape index (κ1) is 26.2. The van der Waals surface area contributed by atoms with Crippen molar-refractivity contribution in [1.29, 1.82) is 0 Å². The maximum Gasteiger partial charge on any atom is 0.203 e. The van der Waals surface area contributed by atoms with Crippen LogP contribution in [-0.2, 0) is 6.54 Å². The number of furan rings is 1. The standard InChI is InChI=1S/C25H34N6O4.ClH/c1-32-21-15-18(16-22(33-2)24(21)34-3)23(25-26-27-28-31(25)17-20-9-6-14-35-20)30-12-10-29(11-13-30)19-7-4-5-8-19;/h6,9,14-16,19,23H,4-5,7-8,10-13,17H2,1-3H3;1H. The van der Waals surface area contributed by atoms with Crippen LogP contribution >= 0.6 is 12.4 Å². The summed E-state index contributed by atoms with van der Waals surface area (Å²) in [6.07, 6.45) is 6.99. The maximum absolute atomic E-state index is 5.67. The van der Waals surface area contributed by atoms with E-state index >= 15 is 0 Å². The van der Waals surface area contributed by atoms with Crippen LogP contribution in [0, 0.1) is 0 Å². The number of methoxy groups -OCH3 is 3. The highest BCUT2D eigenvalue weighted by Gasteiger charge is 2.34. The topological polar surface area (TPSA) is 90.9 Å². The van der Waals surface area contributed by atoms with Crippen LogP contribution < -0.4 is 14.2 Å². The Morgan fingerprint density at radius 1 is 1.00 bits per heavy atom. The molecule has 196 valence electrons. The van der Waals surface area contributed by atoms with E-state index in [0.717, 1.165) is 49.4 Å². The van der Waals surface area contributed by atoms with Crippen LogP contribution in [0.3, 0.4) is 0 Å². The summed E-state index contributed by atoms with van der Waals surface area (Å²) in [7, 11) is 4.89. The molecule has 1 aliphatic carbocycles. The molecule has 2 fully saturated rings. The SMILES string of the molecule is COc1cc(C(c2nnnn2Cc2ccco2)N2CCN(C3CCCC3)CC2)cc(OC)c1OC.Cl. The molecule has 2 aromatic heterocycles. The summed E-state index contributed by atoms with van der Waals surface area (Å²) in [5.41, 5.74) is 0.990. The fourth-order valence-corrected chi connectivity index (χ4v) is 5.48. The van der Waals surface area contributed by atoms with Gasteiger partial charge in [0, 0.05) is 32.2 Å². The van der Waals surface area contributed by atoms with Crippen LogP contribution in [0.2, 0.25) is 0 Å². The van der Waals surface area contributed by atoms with Gasteiger partial charge in [-0.2, -0.15) is 0 Å². The second kappa shape index (κ2) is 11.9. The molecule has 1 saturated heterocycles. The molecule has 1 atom stereocenters. The van der Waals surface area contributed by atoms with E-state index in [9.17, 15) is 0 Å². The molecule has 5 rings (SSSR count). The normalized spacial score (nSPS) is 18.1. The van der Waals surface area contributed by atoms with E-state index in [1.165, 1.54) is 25.7 Å². The second-order valence-electron chi connectivity index (χ2n) is 9.15. The summed E-state index contributed by atoms with van der Waals surface area (Å²) in [4.78, 5) is 5.11. The van der Waals surface area contributed by atoms with Crippen LogP contribution in [0.25, 0.3) is 0 Å². The van der Waals surface area contributed by atoms with Gasteiger partial charge in [-0.3, -0.25) is 9.80 Å². The third-order valence-electron chi connectivity index (χ3n) is 7.25. The molecule has 1 unspecified atom stereocenters. The van der Waals surface area contributed by atoms with E-state index in [0.29, 0.717) is 23.8 Å². The lowest BCUT2D eigenvalue weighted by molar-refractivity contribution is 0.0769. The van der Waals surface area contributed by atoms with E-state index in [-0.39, 0.29) is 18.4 Å². The zero-order valence-electron chi connectivity index (χ0n) is 21.1. The van der Waals surface area contributed by atoms with Gasteiger partial charge in [0.1, 0.15) is 12.3 Å². The number of rotatable bonds is 9. The summed E-state index contributed by atoms with van der Waals surface area (Å²) in [6.45, 7) is 4.37. The first-order valence-corrected chi connectivity index (χ1v) is 12.3. The molecule has 1 aliphatic heterocycles. The minimum absolute atomic E-state index is 0. The van der Waals surface area contributed by atoms with Gasteiger partial charge in [-0.1, -0.05) is 12.8 Å². The molecule has 36 heavy (non-hydrogen) atoms. The molecule has 0 bridgehead atoms. The Morgan fingerprint density at radius 3 is 2.28 bits per heavy atom. The maximum atomic E-state index is 5.67. The number of ether oxygens (including phenoxy) is 3. The average molecular weight is 519 g/mol. The van der Waals surface area contributed by atoms with Gasteiger partial charge in [0.05, 0.1) is 33.6 Å². The minimum atomic E-state index is -0.181. The van der Waals surface area contributed by atoms with Crippen LogP contribution in [0.1, 0.15) is 48.9 Å². The minimum Gasteiger partial charge on any atom is -0.493 e. The van der Waals surface area contributed by atoms with Crippen LogP contribution in [0.5, 0.6) is 17.2 Å². The van der Waals surface area contributed by atoms with Crippen LogP contribution in [0.4, 0.5) is 0 Å². The van der Waals surface area contributed by atoms with Gasteiger partial charge in [0.25, 0.3) is 0 Å². The first-order chi connectivity index (χ1) is 17.2. The Labute approximate surface area is 217 Å². The molecule has 0 amide bonds. The van der Waals surface area contributed by atoms with Gasteiger partial charge < -0.3 is 18.6 Å². The lowest BCUT2D eigenvalue weighted by atomic mass is 10.0. The number of hydrogen-bond acceptors (Lipinski definition) is 9. The third-order valence-corrected chi connectivity index (χ3v) is 7.25. The van der Waals surface area contributed by atoms with Crippen molar-refractivity contribution in [2.45, 2.75) is 44.3 Å². The van der Waals surface area contributed by atoms with Crippen molar-refractivity contribution >= 4 is 12.4 Å². The zero-order chi connectivity index (χ0) is 24.2. The van der Waals surface area contributed by atoms with Crippen molar-refractivity contribution in [3.63, 3.8) is 0 Å². The predicted octanol–water partition coefficient (Wildman–Crippen LogP) is 3.41. The number of piperazine rings is 1. The lowest BCUT2D eigenvalue weighted by Gasteiger charge is -2.41. The average Bonchev–Trinajstić information content (AvgIpc) is 3.68. The monoisotopic (exact) mass is 518 g/mol. The Balaban J connectivity index is 0.00000304. The van der Waals surface area contributed by atoms with Gasteiger partial charge >= 0.3 is 0 Å². The Bertz CT molecular complexity index is 1070. The third kappa shape index (κ3) is 5.30. The molecule has 1 saturated carbocycles. The highest BCUT2D eigenvalue weighted by atomic mass is 35.5. The Morgan fingerprint density at radius 2 is 1.69 bits per heavy atom. The van der Waals surface area contributed by atoms with Crippen molar-refractivity contribution in [3.8, 4) is 17.2 Å². The van der Waals surface area contributed by atoms with Crippen molar-refractivity contribution < 1.29 is 18.6 Å². The number of benzene rings is 1. The van der Waals surface area contributed by atoms with Gasteiger partial charge in [-0.15, -0.1) is 17.5 Å². The molecule has 0 N–H and O–H groups in total. The number of hydrogen-bond donors (Lipinski definition) is 0. The number of halogens is 1.